The van der Waals surface area contributed by atoms with E-state index in [1.54, 1.807) is 0 Å². The zero-order chi connectivity index (χ0) is 16.9. The number of ether oxygens (including phenoxy) is 1. The Balaban J connectivity index is 1.44. The van der Waals surface area contributed by atoms with Gasteiger partial charge < -0.3 is 0 Å². The van der Waals surface area contributed by atoms with Gasteiger partial charge in [-0.2, -0.15) is 0 Å². The predicted octanol–water partition coefficient (Wildman–Crippen LogP) is 0.535. The number of aliphatic hydroxyl groups is 3. The second kappa shape index (κ2) is 9.17. The van der Waals surface area contributed by atoms with Crippen LogP contribution in [0.4, 0.5) is 5.69 Å². The van der Waals surface area contributed by atoms with Crippen molar-refractivity contribution in [2.24, 2.45) is 0 Å². The van der Waals surface area contributed by atoms with Crippen molar-refractivity contribution in [2.45, 2.75) is 37.3 Å². The summed E-state index contributed by atoms with van der Waals surface area (Å²) in [5.74, 6) is 2.59. The fourth-order valence-electron chi connectivity index (χ4n) is 2.88. The van der Waals surface area contributed by atoms with E-state index in [-0.39, 0.29) is 12.7 Å². The molecular formula is C16H24AsNO4S2. The van der Waals surface area contributed by atoms with Gasteiger partial charge in [-0.15, -0.1) is 0 Å². The summed E-state index contributed by atoms with van der Waals surface area (Å²) >= 11 is -0.894. The molecule has 0 aromatic heterocycles. The van der Waals surface area contributed by atoms with E-state index in [2.05, 4.69) is 49.6 Å². The Labute approximate surface area is 153 Å². The van der Waals surface area contributed by atoms with Crippen LogP contribution in [0.3, 0.4) is 0 Å². The van der Waals surface area contributed by atoms with E-state index < -0.39 is 30.7 Å². The Kier molecular flexibility index (Phi) is 7.22. The summed E-state index contributed by atoms with van der Waals surface area (Å²) in [5, 5.41) is 32.2. The summed E-state index contributed by atoms with van der Waals surface area (Å²) in [6.07, 6.45) is -1.53. The summed E-state index contributed by atoms with van der Waals surface area (Å²) in [7, 11) is 4.30. The third-order valence-electron chi connectivity index (χ3n) is 4.20. The quantitative estimate of drug-likeness (QED) is 0.488. The predicted molar refractivity (Wildman–Crippen MR) is 102 cm³/mol. The van der Waals surface area contributed by atoms with Crippen molar-refractivity contribution in [2.75, 3.05) is 30.0 Å². The number of aliphatic hydroxyl groups excluding tert-OH is 3. The minimum absolute atomic E-state index is 0.147. The average Bonchev–Trinajstić information content (AvgIpc) is 3.13. The van der Waals surface area contributed by atoms with Gasteiger partial charge in [0, 0.05) is 0 Å². The van der Waals surface area contributed by atoms with E-state index in [0.29, 0.717) is 6.42 Å². The first-order chi connectivity index (χ1) is 11.7. The van der Waals surface area contributed by atoms with Crippen molar-refractivity contribution in [1.82, 2.24) is 0 Å². The molecule has 1 aromatic carbocycles. The van der Waals surface area contributed by atoms with Crippen LogP contribution in [0.15, 0.2) is 24.3 Å². The molecule has 0 radical (unpaired) electrons. The van der Waals surface area contributed by atoms with Crippen LogP contribution in [0.5, 0.6) is 0 Å². The maximum absolute atomic E-state index is 9.84. The van der Waals surface area contributed by atoms with Crippen molar-refractivity contribution in [3.05, 3.63) is 24.3 Å². The van der Waals surface area contributed by atoms with E-state index in [9.17, 15) is 15.3 Å². The molecule has 0 bridgehead atoms. The molecule has 134 valence electrons. The van der Waals surface area contributed by atoms with Gasteiger partial charge in [0.25, 0.3) is 0 Å². The first-order valence-corrected chi connectivity index (χ1v) is 15.6. The van der Waals surface area contributed by atoms with Crippen LogP contribution in [-0.4, -0.2) is 76.7 Å². The molecule has 1 aromatic rings. The van der Waals surface area contributed by atoms with Crippen LogP contribution in [0.2, 0.25) is 0 Å². The number of hydrogen-bond acceptors (Lipinski definition) is 7. The zero-order valence-corrected chi connectivity index (χ0v) is 16.9. The van der Waals surface area contributed by atoms with Crippen molar-refractivity contribution < 1.29 is 20.1 Å². The van der Waals surface area contributed by atoms with Gasteiger partial charge in [-0.05, 0) is 0 Å². The van der Waals surface area contributed by atoms with Gasteiger partial charge in [0.15, 0.2) is 0 Å². The fourth-order valence-corrected chi connectivity index (χ4v) is 17.0. The molecule has 2 unspecified atom stereocenters. The molecule has 2 heterocycles. The molecular weight excluding hydrogens is 409 g/mol. The Bertz CT molecular complexity index is 515. The van der Waals surface area contributed by atoms with Gasteiger partial charge in [0.05, 0.1) is 0 Å². The minimum atomic E-state index is -0.998. The molecule has 2 aliphatic rings. The molecule has 2 fully saturated rings. The number of anilines is 1. The normalized spacial score (nSPS) is 31.3. The molecule has 2 saturated heterocycles. The molecule has 0 aliphatic carbocycles. The molecule has 4 atom stereocenters. The fraction of sp³-hybridized carbons (Fsp3) is 0.625. The van der Waals surface area contributed by atoms with Crippen LogP contribution >= 0.6 is 20.0 Å². The van der Waals surface area contributed by atoms with Crippen molar-refractivity contribution in [3.63, 3.8) is 0 Å². The van der Waals surface area contributed by atoms with E-state index in [4.69, 9.17) is 4.74 Å². The standard InChI is InChI=1S/C16H24AsNO4S2/c19-10-15-16(21)14(20)9-13(22-15)5-6-18-12-3-1-11(2-4-12)17-23-7-8-24-17/h1-4,13-16,18-21H,5-10H2/t13-,14?,15?,16+/m1/s1. The summed E-state index contributed by atoms with van der Waals surface area (Å²) in [6, 6.07) is 8.76. The first-order valence-electron chi connectivity index (χ1n) is 8.19. The monoisotopic (exact) mass is 433 g/mol. The third kappa shape index (κ3) is 4.85. The van der Waals surface area contributed by atoms with Crippen LogP contribution in [0, 0.1) is 0 Å². The molecule has 3 rings (SSSR count). The summed E-state index contributed by atoms with van der Waals surface area (Å²) in [4.78, 5) is 0. The van der Waals surface area contributed by atoms with Gasteiger partial charge in [-0.25, -0.2) is 0 Å². The number of nitrogens with one attached hydrogen (secondary N) is 1. The molecule has 2 aliphatic heterocycles. The summed E-state index contributed by atoms with van der Waals surface area (Å²) in [5.41, 5.74) is 1.09. The average molecular weight is 433 g/mol. The Morgan fingerprint density at radius 3 is 2.54 bits per heavy atom. The van der Waals surface area contributed by atoms with E-state index in [1.165, 1.54) is 15.9 Å². The molecule has 4 N–H and O–H groups in total. The second-order valence-electron chi connectivity index (χ2n) is 5.96. The number of rotatable bonds is 6. The third-order valence-corrected chi connectivity index (χ3v) is 17.9. The van der Waals surface area contributed by atoms with Crippen molar-refractivity contribution >= 4 is 42.4 Å². The van der Waals surface area contributed by atoms with E-state index in [1.807, 2.05) is 0 Å². The van der Waals surface area contributed by atoms with Gasteiger partial charge in [0.2, 0.25) is 0 Å². The molecule has 8 heteroatoms. The molecule has 5 nitrogen and oxygen atoms in total. The number of hydrogen-bond donors (Lipinski definition) is 4. The van der Waals surface area contributed by atoms with Crippen molar-refractivity contribution in [3.8, 4) is 0 Å². The van der Waals surface area contributed by atoms with Gasteiger partial charge >= 0.3 is 154 Å². The van der Waals surface area contributed by atoms with E-state index in [0.717, 1.165) is 18.7 Å². The van der Waals surface area contributed by atoms with Gasteiger partial charge in [-0.3, -0.25) is 0 Å². The molecule has 0 saturated carbocycles. The Morgan fingerprint density at radius 1 is 1.17 bits per heavy atom. The molecule has 0 spiro atoms. The second-order valence-corrected chi connectivity index (χ2v) is 17.7. The van der Waals surface area contributed by atoms with Gasteiger partial charge in [-0.1, -0.05) is 0 Å². The van der Waals surface area contributed by atoms with Gasteiger partial charge in [0.1, 0.15) is 0 Å². The first kappa shape index (κ1) is 18.9. The molecule has 0 amide bonds. The van der Waals surface area contributed by atoms with Crippen LogP contribution < -0.4 is 9.67 Å². The van der Waals surface area contributed by atoms with E-state index >= 15 is 0 Å². The topological polar surface area (TPSA) is 82.0 Å². The zero-order valence-electron chi connectivity index (χ0n) is 13.4. The summed E-state index contributed by atoms with van der Waals surface area (Å²) in [6.45, 7) is 0.459. The van der Waals surface area contributed by atoms with Crippen molar-refractivity contribution in [1.29, 1.82) is 0 Å². The van der Waals surface area contributed by atoms with Crippen LogP contribution in [-0.2, 0) is 4.74 Å². The Morgan fingerprint density at radius 2 is 1.88 bits per heavy atom. The van der Waals surface area contributed by atoms with Crippen LogP contribution in [0.25, 0.3) is 0 Å². The number of benzene rings is 1. The Hall–Kier alpha value is 0.118. The molecule has 24 heavy (non-hydrogen) atoms. The SMILES string of the molecule is OCC1O[C@H](CCNc2ccc([As]3SCCS3)cc2)CC(O)[C@@H]1O. The van der Waals surface area contributed by atoms with Crippen LogP contribution in [0.1, 0.15) is 12.8 Å². The summed E-state index contributed by atoms with van der Waals surface area (Å²) < 4.78 is 7.16. The maximum atomic E-state index is 9.84.